The zero-order chi connectivity index (χ0) is 15.4. The van der Waals surface area contributed by atoms with Gasteiger partial charge < -0.3 is 5.32 Å². The average Bonchev–Trinajstić information content (AvgIpc) is 3.21. The van der Waals surface area contributed by atoms with Gasteiger partial charge in [-0.25, -0.2) is 0 Å². The van der Waals surface area contributed by atoms with E-state index >= 15 is 0 Å². The number of rotatable bonds is 2. The summed E-state index contributed by atoms with van der Waals surface area (Å²) in [5.74, 6) is -0.353. The molecule has 1 aromatic carbocycles. The Morgan fingerprint density at radius 3 is 2.09 bits per heavy atom. The second-order valence-electron chi connectivity index (χ2n) is 6.14. The standard InChI is InChI=1S/C17H16N2O3/c1-18-15(20)9-4-6-12(7-5-9)19-16(21)13-10-2-3-11(8-10)14(13)17(19)22/h2-7,10-11,13-14H,8H2,1H3,(H,18,20)/t10-,11-,13-,14-/m0/s1. The molecular weight excluding hydrogens is 280 g/mol. The van der Waals surface area contributed by atoms with E-state index in [0.717, 1.165) is 6.42 Å². The van der Waals surface area contributed by atoms with Crippen LogP contribution in [0.4, 0.5) is 5.69 Å². The number of amides is 3. The van der Waals surface area contributed by atoms with Gasteiger partial charge in [0.05, 0.1) is 17.5 Å². The van der Waals surface area contributed by atoms with E-state index in [9.17, 15) is 14.4 Å². The van der Waals surface area contributed by atoms with Gasteiger partial charge in [-0.3, -0.25) is 19.3 Å². The molecule has 0 radical (unpaired) electrons. The molecule has 1 aliphatic heterocycles. The molecule has 2 bridgehead atoms. The molecule has 5 heteroatoms. The lowest BCUT2D eigenvalue weighted by molar-refractivity contribution is -0.123. The van der Waals surface area contributed by atoms with Gasteiger partial charge in [0.2, 0.25) is 11.8 Å². The summed E-state index contributed by atoms with van der Waals surface area (Å²) in [5.41, 5.74) is 1.06. The Kier molecular flexibility index (Phi) is 2.73. The largest absolute Gasteiger partial charge is 0.355 e. The van der Waals surface area contributed by atoms with Crippen LogP contribution in [0.15, 0.2) is 36.4 Å². The van der Waals surface area contributed by atoms with Crippen molar-refractivity contribution in [3.8, 4) is 0 Å². The zero-order valence-electron chi connectivity index (χ0n) is 12.2. The Hall–Kier alpha value is -2.43. The molecule has 3 amide bonds. The summed E-state index contributed by atoms with van der Waals surface area (Å²) in [6, 6.07) is 6.60. The van der Waals surface area contributed by atoms with Gasteiger partial charge >= 0.3 is 0 Å². The van der Waals surface area contributed by atoms with Crippen molar-refractivity contribution in [2.45, 2.75) is 6.42 Å². The van der Waals surface area contributed by atoms with E-state index < -0.39 is 0 Å². The quantitative estimate of drug-likeness (QED) is 0.662. The molecule has 1 aromatic rings. The van der Waals surface area contributed by atoms with Crippen molar-refractivity contribution in [2.24, 2.45) is 23.7 Å². The molecule has 3 aliphatic rings. The van der Waals surface area contributed by atoms with Crippen molar-refractivity contribution in [1.82, 2.24) is 5.32 Å². The van der Waals surface area contributed by atoms with E-state index in [1.165, 1.54) is 4.90 Å². The molecule has 1 heterocycles. The fourth-order valence-corrected chi connectivity index (χ4v) is 4.06. The molecule has 5 nitrogen and oxygen atoms in total. The first-order valence-corrected chi connectivity index (χ1v) is 7.50. The van der Waals surface area contributed by atoms with E-state index in [2.05, 4.69) is 17.5 Å². The molecule has 0 unspecified atom stereocenters. The molecule has 0 aromatic heterocycles. The van der Waals surface area contributed by atoms with E-state index in [0.29, 0.717) is 11.3 Å². The van der Waals surface area contributed by atoms with Crippen molar-refractivity contribution < 1.29 is 14.4 Å². The summed E-state index contributed by atoms with van der Waals surface area (Å²) in [7, 11) is 1.56. The molecular formula is C17H16N2O3. The molecule has 4 rings (SSSR count). The van der Waals surface area contributed by atoms with Gasteiger partial charge in [-0.05, 0) is 42.5 Å². The first kappa shape index (κ1) is 13.2. The van der Waals surface area contributed by atoms with Crippen molar-refractivity contribution >= 4 is 23.4 Å². The maximum atomic E-state index is 12.7. The van der Waals surface area contributed by atoms with E-state index in [1.807, 2.05) is 0 Å². The Balaban J connectivity index is 1.65. The maximum Gasteiger partial charge on any atom is 0.251 e. The van der Waals surface area contributed by atoms with Gasteiger partial charge in [0, 0.05) is 12.6 Å². The number of carbonyl (C=O) groups excluding carboxylic acids is 3. The highest BCUT2D eigenvalue weighted by atomic mass is 16.2. The van der Waals surface area contributed by atoms with Crippen LogP contribution in [-0.2, 0) is 9.59 Å². The van der Waals surface area contributed by atoms with E-state index in [4.69, 9.17) is 0 Å². The van der Waals surface area contributed by atoms with Gasteiger partial charge in [0.1, 0.15) is 0 Å². The lowest BCUT2D eigenvalue weighted by Crippen LogP contribution is -2.32. The van der Waals surface area contributed by atoms with E-state index in [-0.39, 0.29) is 41.4 Å². The molecule has 2 fully saturated rings. The van der Waals surface area contributed by atoms with Crippen LogP contribution < -0.4 is 10.2 Å². The normalized spacial score (nSPS) is 31.8. The highest BCUT2D eigenvalue weighted by Crippen LogP contribution is 2.53. The fourth-order valence-electron chi connectivity index (χ4n) is 4.06. The van der Waals surface area contributed by atoms with Crippen molar-refractivity contribution in [3.05, 3.63) is 42.0 Å². The molecule has 22 heavy (non-hydrogen) atoms. The number of nitrogens with zero attached hydrogens (tertiary/aromatic N) is 1. The number of fused-ring (bicyclic) bond motifs is 5. The summed E-state index contributed by atoms with van der Waals surface area (Å²) >= 11 is 0. The van der Waals surface area contributed by atoms with Crippen molar-refractivity contribution in [2.75, 3.05) is 11.9 Å². The molecule has 1 N–H and O–H groups in total. The second-order valence-corrected chi connectivity index (χ2v) is 6.14. The molecule has 1 saturated carbocycles. The SMILES string of the molecule is CNC(=O)c1ccc(N2C(=O)[C@@H]3[C@@H](C2=O)[C@H]2C=C[C@H]3C2)cc1. The number of anilines is 1. The summed E-state index contributed by atoms with van der Waals surface area (Å²) in [6.45, 7) is 0. The molecule has 2 aliphatic carbocycles. The van der Waals surface area contributed by atoms with Crippen LogP contribution in [0, 0.1) is 23.7 Å². The summed E-state index contributed by atoms with van der Waals surface area (Å²) in [6.07, 6.45) is 5.08. The first-order valence-electron chi connectivity index (χ1n) is 7.50. The third-order valence-electron chi connectivity index (χ3n) is 5.09. The predicted octanol–water partition coefficient (Wildman–Crippen LogP) is 1.36. The number of nitrogens with one attached hydrogen (secondary N) is 1. The number of imide groups is 1. The Morgan fingerprint density at radius 2 is 1.59 bits per heavy atom. The second kappa shape index (κ2) is 4.53. The van der Waals surface area contributed by atoms with Crippen molar-refractivity contribution in [1.29, 1.82) is 0 Å². The molecule has 112 valence electrons. The number of hydrogen-bond donors (Lipinski definition) is 1. The number of hydrogen-bond acceptors (Lipinski definition) is 3. The summed E-state index contributed by atoms with van der Waals surface area (Å²) in [5, 5.41) is 2.55. The smallest absolute Gasteiger partial charge is 0.251 e. The Bertz CT molecular complexity index is 677. The van der Waals surface area contributed by atoms with Crippen LogP contribution in [0.2, 0.25) is 0 Å². The lowest BCUT2D eigenvalue weighted by Gasteiger charge is -2.17. The van der Waals surface area contributed by atoms with Gasteiger partial charge in [-0.2, -0.15) is 0 Å². The van der Waals surface area contributed by atoms with Crippen LogP contribution >= 0.6 is 0 Å². The van der Waals surface area contributed by atoms with Crippen LogP contribution in [0.1, 0.15) is 16.8 Å². The van der Waals surface area contributed by atoms with Gasteiger partial charge in [-0.1, -0.05) is 12.2 Å². The minimum Gasteiger partial charge on any atom is -0.355 e. The Morgan fingerprint density at radius 1 is 1.05 bits per heavy atom. The maximum absolute atomic E-state index is 12.7. The number of benzene rings is 1. The highest BCUT2D eigenvalue weighted by molar-refractivity contribution is 6.22. The summed E-state index contributed by atoms with van der Waals surface area (Å²) in [4.78, 5) is 38.2. The third kappa shape index (κ3) is 1.62. The van der Waals surface area contributed by atoms with Gasteiger partial charge in [0.25, 0.3) is 5.91 Å². The molecule has 4 atom stereocenters. The minimum absolute atomic E-state index is 0.0976. The van der Waals surface area contributed by atoms with Crippen LogP contribution in [-0.4, -0.2) is 24.8 Å². The lowest BCUT2D eigenvalue weighted by atomic mass is 9.85. The highest BCUT2D eigenvalue weighted by Gasteiger charge is 2.59. The van der Waals surface area contributed by atoms with Crippen LogP contribution in [0.25, 0.3) is 0 Å². The topological polar surface area (TPSA) is 66.5 Å². The third-order valence-corrected chi connectivity index (χ3v) is 5.09. The zero-order valence-corrected chi connectivity index (χ0v) is 12.2. The van der Waals surface area contributed by atoms with Crippen LogP contribution in [0.5, 0.6) is 0 Å². The number of carbonyl (C=O) groups is 3. The van der Waals surface area contributed by atoms with Crippen molar-refractivity contribution in [3.63, 3.8) is 0 Å². The Labute approximate surface area is 128 Å². The average molecular weight is 296 g/mol. The van der Waals surface area contributed by atoms with E-state index in [1.54, 1.807) is 31.3 Å². The first-order chi connectivity index (χ1) is 10.6. The monoisotopic (exact) mass is 296 g/mol. The van der Waals surface area contributed by atoms with Crippen LogP contribution in [0.3, 0.4) is 0 Å². The summed E-state index contributed by atoms with van der Waals surface area (Å²) < 4.78 is 0. The minimum atomic E-state index is -0.193. The fraction of sp³-hybridized carbons (Fsp3) is 0.353. The number of allylic oxidation sites excluding steroid dienone is 2. The molecule has 1 saturated heterocycles. The van der Waals surface area contributed by atoms with Gasteiger partial charge in [-0.15, -0.1) is 0 Å². The van der Waals surface area contributed by atoms with Gasteiger partial charge in [0.15, 0.2) is 0 Å². The predicted molar refractivity (Wildman–Crippen MR) is 80.0 cm³/mol. The molecule has 0 spiro atoms.